The van der Waals surface area contributed by atoms with Crippen molar-refractivity contribution >= 4 is 17.9 Å². The van der Waals surface area contributed by atoms with Crippen LogP contribution in [0.15, 0.2) is 0 Å². The lowest BCUT2D eigenvalue weighted by molar-refractivity contribution is 0.0161. The smallest absolute Gasteiger partial charge is 0.410 e. The molecule has 0 aliphatic carbocycles. The highest BCUT2D eigenvalue weighted by Crippen LogP contribution is 2.26. The van der Waals surface area contributed by atoms with Gasteiger partial charge in [-0.1, -0.05) is 6.92 Å². The van der Waals surface area contributed by atoms with Crippen molar-refractivity contribution in [1.29, 1.82) is 0 Å². The molecule has 4 nitrogen and oxygen atoms in total. The first kappa shape index (κ1) is 17.9. The van der Waals surface area contributed by atoms with E-state index in [9.17, 15) is 4.79 Å². The highest BCUT2D eigenvalue weighted by molar-refractivity contribution is 8.00. The van der Waals surface area contributed by atoms with E-state index < -0.39 is 5.60 Å². The quantitative estimate of drug-likeness (QED) is 0.857. The lowest BCUT2D eigenvalue weighted by Crippen LogP contribution is -2.43. The Labute approximate surface area is 139 Å². The van der Waals surface area contributed by atoms with Crippen molar-refractivity contribution in [2.24, 2.45) is 5.92 Å². The second-order valence-electron chi connectivity index (χ2n) is 7.65. The molecule has 0 aromatic rings. The minimum Gasteiger partial charge on any atom is -0.444 e. The van der Waals surface area contributed by atoms with Crippen LogP contribution in [0.2, 0.25) is 0 Å². The second kappa shape index (κ2) is 7.91. The average molecular weight is 329 g/mol. The highest BCUT2D eigenvalue weighted by atomic mass is 32.2. The number of nitrogens with one attached hydrogen (secondary N) is 1. The third-order valence-corrected chi connectivity index (χ3v) is 5.83. The van der Waals surface area contributed by atoms with E-state index in [2.05, 4.69) is 24.0 Å². The van der Waals surface area contributed by atoms with Crippen LogP contribution in [-0.4, -0.2) is 53.3 Å². The summed E-state index contributed by atoms with van der Waals surface area (Å²) in [5.41, 5.74) is -0.401. The number of amides is 1. The summed E-state index contributed by atoms with van der Waals surface area (Å²) in [4.78, 5) is 14.1. The molecule has 128 valence electrons. The molecule has 2 aliphatic rings. The van der Waals surface area contributed by atoms with Gasteiger partial charge < -0.3 is 15.0 Å². The molecule has 0 aromatic heterocycles. The Bertz CT molecular complexity index is 370. The van der Waals surface area contributed by atoms with Gasteiger partial charge in [0.1, 0.15) is 5.60 Å². The number of piperidine rings is 1. The zero-order valence-corrected chi connectivity index (χ0v) is 15.4. The average Bonchev–Trinajstić information content (AvgIpc) is 2.83. The van der Waals surface area contributed by atoms with Crippen LogP contribution in [0.4, 0.5) is 4.79 Å². The van der Waals surface area contributed by atoms with E-state index in [-0.39, 0.29) is 6.09 Å². The number of hydrogen-bond acceptors (Lipinski definition) is 4. The predicted molar refractivity (Wildman–Crippen MR) is 93.5 cm³/mol. The van der Waals surface area contributed by atoms with Gasteiger partial charge in [-0.15, -0.1) is 0 Å². The van der Waals surface area contributed by atoms with Crippen LogP contribution in [0, 0.1) is 5.92 Å². The van der Waals surface area contributed by atoms with Crippen LogP contribution in [0.1, 0.15) is 53.4 Å². The zero-order chi connectivity index (χ0) is 16.2. The van der Waals surface area contributed by atoms with Gasteiger partial charge in [0, 0.05) is 24.4 Å². The van der Waals surface area contributed by atoms with Crippen molar-refractivity contribution in [1.82, 2.24) is 10.2 Å². The Morgan fingerprint density at radius 2 is 2.14 bits per heavy atom. The van der Waals surface area contributed by atoms with Crippen molar-refractivity contribution in [2.45, 2.75) is 70.3 Å². The number of nitrogens with zero attached hydrogens (tertiary/aromatic N) is 1. The van der Waals surface area contributed by atoms with Gasteiger partial charge in [-0.3, -0.25) is 0 Å². The number of ether oxygens (including phenoxy) is 1. The topological polar surface area (TPSA) is 41.6 Å². The summed E-state index contributed by atoms with van der Waals surface area (Å²) in [6.45, 7) is 10.9. The largest absolute Gasteiger partial charge is 0.444 e. The molecule has 0 radical (unpaired) electrons. The van der Waals surface area contributed by atoms with Crippen LogP contribution in [0.25, 0.3) is 0 Å². The number of hydrogen-bond donors (Lipinski definition) is 1. The van der Waals surface area contributed by atoms with E-state index in [1.807, 2.05) is 25.7 Å². The molecule has 2 heterocycles. The molecule has 1 amide bonds. The summed E-state index contributed by atoms with van der Waals surface area (Å²) in [6.07, 6.45) is 4.63. The molecule has 0 bridgehead atoms. The van der Waals surface area contributed by atoms with Crippen molar-refractivity contribution in [2.75, 3.05) is 25.4 Å². The Kier molecular flexibility index (Phi) is 6.45. The maximum absolute atomic E-state index is 12.2. The third kappa shape index (κ3) is 5.65. The van der Waals surface area contributed by atoms with Crippen LogP contribution in [0.5, 0.6) is 0 Å². The van der Waals surface area contributed by atoms with Gasteiger partial charge in [-0.25, -0.2) is 4.79 Å². The molecule has 2 aliphatic heterocycles. The second-order valence-corrected chi connectivity index (χ2v) is 9.13. The Morgan fingerprint density at radius 3 is 2.77 bits per heavy atom. The van der Waals surface area contributed by atoms with Crippen LogP contribution in [-0.2, 0) is 4.74 Å². The molecule has 0 saturated carbocycles. The van der Waals surface area contributed by atoms with Crippen LogP contribution >= 0.6 is 11.8 Å². The van der Waals surface area contributed by atoms with Crippen LogP contribution < -0.4 is 5.32 Å². The number of likely N-dealkylation sites (tertiary alicyclic amines) is 1. The Balaban J connectivity index is 1.70. The molecule has 2 saturated heterocycles. The lowest BCUT2D eigenvalue weighted by Gasteiger charge is -2.34. The third-order valence-electron chi connectivity index (χ3n) is 4.51. The summed E-state index contributed by atoms with van der Waals surface area (Å²) >= 11 is 2.07. The van der Waals surface area contributed by atoms with Gasteiger partial charge in [0.25, 0.3) is 0 Å². The lowest BCUT2D eigenvalue weighted by atomic mass is 9.95. The van der Waals surface area contributed by atoms with E-state index in [0.29, 0.717) is 12.0 Å². The number of carbonyl (C=O) groups is 1. The van der Waals surface area contributed by atoms with Gasteiger partial charge in [0.2, 0.25) is 0 Å². The molecule has 2 fully saturated rings. The molecule has 0 aromatic carbocycles. The van der Waals surface area contributed by atoms with Crippen molar-refractivity contribution in [3.8, 4) is 0 Å². The molecule has 5 heteroatoms. The number of rotatable bonds is 4. The van der Waals surface area contributed by atoms with E-state index in [1.54, 1.807) is 0 Å². The summed E-state index contributed by atoms with van der Waals surface area (Å²) in [5.74, 6) is 1.90. The van der Waals surface area contributed by atoms with Gasteiger partial charge in [0.15, 0.2) is 0 Å². The maximum atomic E-state index is 12.2. The van der Waals surface area contributed by atoms with Crippen molar-refractivity contribution < 1.29 is 9.53 Å². The monoisotopic (exact) mass is 328 g/mol. The van der Waals surface area contributed by atoms with Gasteiger partial charge in [-0.2, -0.15) is 11.8 Å². The van der Waals surface area contributed by atoms with Gasteiger partial charge >= 0.3 is 6.09 Å². The molecular formula is C17H32N2O2S. The standard InChI is InChI=1S/C17H32N2O2S/c1-13-15(8-11-22-13)18-9-7-14-6-5-10-19(12-14)16(20)21-17(2,3)4/h13-15,18H,5-12H2,1-4H3. The van der Waals surface area contributed by atoms with E-state index in [4.69, 9.17) is 4.74 Å². The Hall–Kier alpha value is -0.420. The first-order chi connectivity index (χ1) is 10.3. The molecule has 2 rings (SSSR count). The number of carbonyl (C=O) groups excluding carboxylic acids is 1. The zero-order valence-electron chi connectivity index (χ0n) is 14.6. The van der Waals surface area contributed by atoms with Gasteiger partial charge in [-0.05, 0) is 64.7 Å². The first-order valence-electron chi connectivity index (χ1n) is 8.68. The van der Waals surface area contributed by atoms with E-state index in [1.165, 1.54) is 18.6 Å². The highest BCUT2D eigenvalue weighted by Gasteiger charge is 2.28. The SMILES string of the molecule is CC1SCCC1NCCC1CCCN(C(=O)OC(C)(C)C)C1. The molecule has 3 unspecified atom stereocenters. The van der Waals surface area contributed by atoms with E-state index >= 15 is 0 Å². The fourth-order valence-electron chi connectivity index (χ4n) is 3.27. The number of thioether (sulfide) groups is 1. The normalized spacial score (nSPS) is 29.6. The minimum absolute atomic E-state index is 0.147. The maximum Gasteiger partial charge on any atom is 0.410 e. The van der Waals surface area contributed by atoms with Crippen molar-refractivity contribution in [3.63, 3.8) is 0 Å². The van der Waals surface area contributed by atoms with Gasteiger partial charge in [0.05, 0.1) is 0 Å². The summed E-state index contributed by atoms with van der Waals surface area (Å²) in [7, 11) is 0. The molecule has 0 spiro atoms. The predicted octanol–water partition coefficient (Wildman–Crippen LogP) is 3.51. The van der Waals surface area contributed by atoms with Crippen LogP contribution in [0.3, 0.4) is 0 Å². The molecule has 1 N–H and O–H groups in total. The summed E-state index contributed by atoms with van der Waals surface area (Å²) < 4.78 is 5.49. The fourth-order valence-corrected chi connectivity index (χ4v) is 4.49. The minimum atomic E-state index is -0.401. The summed E-state index contributed by atoms with van der Waals surface area (Å²) in [6, 6.07) is 0.676. The molecular weight excluding hydrogens is 296 g/mol. The van der Waals surface area contributed by atoms with Crippen molar-refractivity contribution in [3.05, 3.63) is 0 Å². The van der Waals surface area contributed by atoms with E-state index in [0.717, 1.165) is 37.7 Å². The fraction of sp³-hybridized carbons (Fsp3) is 0.941. The molecule has 22 heavy (non-hydrogen) atoms. The molecule has 3 atom stereocenters. The summed E-state index contributed by atoms with van der Waals surface area (Å²) in [5, 5.41) is 4.45. The Morgan fingerprint density at radius 1 is 1.36 bits per heavy atom. The first-order valence-corrected chi connectivity index (χ1v) is 9.73.